The van der Waals surface area contributed by atoms with Gasteiger partial charge in [-0.3, -0.25) is 9.59 Å². The number of carboxylic acid groups (broad SMARTS) is 1. The maximum atomic E-state index is 11.6. The second-order valence-corrected chi connectivity index (χ2v) is 4.89. The van der Waals surface area contributed by atoms with Crippen molar-refractivity contribution in [2.24, 2.45) is 0 Å². The van der Waals surface area contributed by atoms with Crippen molar-refractivity contribution in [3.8, 4) is 0 Å². The zero-order valence-electron chi connectivity index (χ0n) is 10.6. The third kappa shape index (κ3) is 3.66. The van der Waals surface area contributed by atoms with Gasteiger partial charge in [-0.05, 0) is 19.3 Å². The smallest absolute Gasteiger partial charge is 0.332 e. The first-order valence-corrected chi connectivity index (χ1v) is 6.49. The molecule has 2 aliphatic rings. The Hall–Kier alpha value is -1.63. The van der Waals surface area contributed by atoms with Crippen molar-refractivity contribution < 1.29 is 24.2 Å². The molecule has 2 N–H and O–H groups in total. The van der Waals surface area contributed by atoms with Gasteiger partial charge in [-0.25, -0.2) is 4.79 Å². The molecule has 19 heavy (non-hydrogen) atoms. The number of nitrogens with one attached hydrogen (secondary N) is 1. The molecule has 2 amide bonds. The first kappa shape index (κ1) is 13.8. The second-order valence-electron chi connectivity index (χ2n) is 4.89. The van der Waals surface area contributed by atoms with Crippen molar-refractivity contribution in [3.63, 3.8) is 0 Å². The molecule has 0 bridgehead atoms. The Morgan fingerprint density at radius 2 is 2.21 bits per heavy atom. The molecule has 2 aliphatic heterocycles. The summed E-state index contributed by atoms with van der Waals surface area (Å²) in [5.74, 6) is -1.17. The summed E-state index contributed by atoms with van der Waals surface area (Å²) in [6.07, 6.45) is 1.40. The van der Waals surface area contributed by atoms with Gasteiger partial charge in [0.2, 0.25) is 11.8 Å². The normalized spacial score (nSPS) is 26.7. The summed E-state index contributed by atoms with van der Waals surface area (Å²) >= 11 is 0. The molecule has 2 unspecified atom stereocenters. The van der Waals surface area contributed by atoms with Crippen molar-refractivity contribution in [1.82, 2.24) is 10.2 Å². The van der Waals surface area contributed by atoms with Crippen LogP contribution in [-0.4, -0.2) is 59.6 Å². The van der Waals surface area contributed by atoms with E-state index in [1.54, 1.807) is 0 Å². The zero-order chi connectivity index (χ0) is 13.8. The second kappa shape index (κ2) is 6.01. The number of aliphatic carboxylic acids is 1. The molecule has 0 saturated carbocycles. The fourth-order valence-electron chi connectivity index (χ4n) is 2.37. The van der Waals surface area contributed by atoms with E-state index in [0.717, 1.165) is 6.42 Å². The van der Waals surface area contributed by atoms with Crippen molar-refractivity contribution in [3.05, 3.63) is 0 Å². The number of nitrogens with zero attached hydrogens (tertiary/aromatic N) is 1. The summed E-state index contributed by atoms with van der Waals surface area (Å²) in [7, 11) is 0. The Bertz CT molecular complexity index is 384. The summed E-state index contributed by atoms with van der Waals surface area (Å²) in [6.45, 7) is 1.01. The maximum absolute atomic E-state index is 11.6. The van der Waals surface area contributed by atoms with Gasteiger partial charge in [0.1, 0.15) is 0 Å². The van der Waals surface area contributed by atoms with Gasteiger partial charge >= 0.3 is 5.97 Å². The minimum absolute atomic E-state index is 0.0122. The van der Waals surface area contributed by atoms with E-state index in [1.807, 2.05) is 0 Å². The largest absolute Gasteiger partial charge is 0.479 e. The topological polar surface area (TPSA) is 95.9 Å². The van der Waals surface area contributed by atoms with Gasteiger partial charge in [-0.2, -0.15) is 0 Å². The monoisotopic (exact) mass is 270 g/mol. The van der Waals surface area contributed by atoms with Crippen LogP contribution in [0.5, 0.6) is 0 Å². The van der Waals surface area contributed by atoms with Gasteiger partial charge in [0.05, 0.1) is 12.6 Å². The molecule has 0 aromatic heterocycles. The van der Waals surface area contributed by atoms with E-state index in [2.05, 4.69) is 5.32 Å². The molecule has 7 nitrogen and oxygen atoms in total. The quantitative estimate of drug-likeness (QED) is 0.692. The molecule has 2 fully saturated rings. The predicted molar refractivity (Wildman–Crippen MR) is 64.4 cm³/mol. The van der Waals surface area contributed by atoms with Crippen molar-refractivity contribution in [1.29, 1.82) is 0 Å². The Morgan fingerprint density at radius 1 is 1.42 bits per heavy atom. The zero-order valence-corrected chi connectivity index (χ0v) is 10.6. The number of carboxylic acids is 1. The standard InChI is InChI=1S/C12H18N2O5/c15-10(7-14-5-1-2-11(14)16)13-6-8-3-4-9(19-8)12(17)18/h8-9H,1-7H2,(H,13,15)(H,17,18). The van der Waals surface area contributed by atoms with Crippen molar-refractivity contribution in [2.45, 2.75) is 37.9 Å². The molecule has 2 saturated heterocycles. The third-order valence-electron chi connectivity index (χ3n) is 3.42. The predicted octanol–water partition coefficient (Wildman–Crippen LogP) is -0.643. The summed E-state index contributed by atoms with van der Waals surface area (Å²) in [4.78, 5) is 35.2. The van der Waals surface area contributed by atoms with Gasteiger partial charge in [0.15, 0.2) is 6.10 Å². The summed E-state index contributed by atoms with van der Waals surface area (Å²) in [6, 6.07) is 0. The van der Waals surface area contributed by atoms with Crippen LogP contribution in [-0.2, 0) is 19.1 Å². The molecule has 2 heterocycles. The average Bonchev–Trinajstić information content (AvgIpc) is 2.97. The molecule has 0 aliphatic carbocycles. The van der Waals surface area contributed by atoms with Crippen molar-refractivity contribution in [2.75, 3.05) is 19.6 Å². The van der Waals surface area contributed by atoms with E-state index >= 15 is 0 Å². The van der Waals surface area contributed by atoms with Crippen LogP contribution in [0.3, 0.4) is 0 Å². The molecule has 0 radical (unpaired) electrons. The highest BCUT2D eigenvalue weighted by Gasteiger charge is 2.30. The molecular weight excluding hydrogens is 252 g/mol. The van der Waals surface area contributed by atoms with Gasteiger partial charge in [-0.1, -0.05) is 0 Å². The molecule has 0 aromatic carbocycles. The van der Waals surface area contributed by atoms with Crippen LogP contribution in [0.2, 0.25) is 0 Å². The molecule has 7 heteroatoms. The Balaban J connectivity index is 1.67. The lowest BCUT2D eigenvalue weighted by Crippen LogP contribution is -2.40. The van der Waals surface area contributed by atoms with Gasteiger partial charge in [0.25, 0.3) is 0 Å². The molecular formula is C12H18N2O5. The van der Waals surface area contributed by atoms with Gasteiger partial charge in [0, 0.05) is 19.5 Å². The van der Waals surface area contributed by atoms with Crippen LogP contribution in [0.25, 0.3) is 0 Å². The highest BCUT2D eigenvalue weighted by molar-refractivity contribution is 5.85. The average molecular weight is 270 g/mol. The number of carbonyl (C=O) groups excluding carboxylic acids is 2. The van der Waals surface area contributed by atoms with Crippen LogP contribution in [0.4, 0.5) is 0 Å². The number of carbonyl (C=O) groups is 3. The third-order valence-corrected chi connectivity index (χ3v) is 3.42. The Labute approximate surface area is 110 Å². The van der Waals surface area contributed by atoms with E-state index < -0.39 is 12.1 Å². The van der Waals surface area contributed by atoms with Crippen LogP contribution in [0.1, 0.15) is 25.7 Å². The van der Waals surface area contributed by atoms with E-state index in [1.165, 1.54) is 4.90 Å². The van der Waals surface area contributed by atoms with Crippen LogP contribution in [0, 0.1) is 0 Å². The number of hydrogen-bond donors (Lipinski definition) is 2. The first-order chi connectivity index (χ1) is 9.06. The lowest BCUT2D eigenvalue weighted by atomic mass is 10.2. The fourth-order valence-corrected chi connectivity index (χ4v) is 2.37. The van der Waals surface area contributed by atoms with Gasteiger partial charge in [-0.15, -0.1) is 0 Å². The Morgan fingerprint density at radius 3 is 2.79 bits per heavy atom. The maximum Gasteiger partial charge on any atom is 0.332 e. The van der Waals surface area contributed by atoms with Crippen molar-refractivity contribution >= 4 is 17.8 Å². The molecule has 2 atom stereocenters. The van der Waals surface area contributed by atoms with Crippen LogP contribution in [0.15, 0.2) is 0 Å². The molecule has 0 aromatic rings. The van der Waals surface area contributed by atoms with Crippen LogP contribution >= 0.6 is 0 Å². The fraction of sp³-hybridized carbons (Fsp3) is 0.750. The minimum Gasteiger partial charge on any atom is -0.479 e. The van der Waals surface area contributed by atoms with Crippen LogP contribution < -0.4 is 5.32 Å². The summed E-state index contributed by atoms with van der Waals surface area (Å²) < 4.78 is 5.27. The molecule has 0 spiro atoms. The van der Waals surface area contributed by atoms with E-state index in [9.17, 15) is 14.4 Å². The van der Waals surface area contributed by atoms with E-state index in [4.69, 9.17) is 9.84 Å². The highest BCUT2D eigenvalue weighted by atomic mass is 16.5. The molecule has 106 valence electrons. The molecule has 2 rings (SSSR count). The minimum atomic E-state index is -0.962. The SMILES string of the molecule is O=C(CN1CCCC1=O)NCC1CCC(C(=O)O)O1. The lowest BCUT2D eigenvalue weighted by Gasteiger charge is -2.16. The number of hydrogen-bond acceptors (Lipinski definition) is 4. The summed E-state index contributed by atoms with van der Waals surface area (Å²) in [5.41, 5.74) is 0. The van der Waals surface area contributed by atoms with E-state index in [0.29, 0.717) is 32.4 Å². The highest BCUT2D eigenvalue weighted by Crippen LogP contribution is 2.19. The van der Waals surface area contributed by atoms with Gasteiger partial charge < -0.3 is 20.1 Å². The number of ether oxygens (including phenoxy) is 1. The number of rotatable bonds is 5. The van der Waals surface area contributed by atoms with E-state index in [-0.39, 0.29) is 24.5 Å². The first-order valence-electron chi connectivity index (χ1n) is 6.49. The lowest BCUT2D eigenvalue weighted by molar-refractivity contribution is -0.149. The number of likely N-dealkylation sites (tertiary alicyclic amines) is 1. The Kier molecular flexibility index (Phi) is 4.36. The number of amides is 2. The summed E-state index contributed by atoms with van der Waals surface area (Å²) in [5, 5.41) is 11.5.